The molecule has 1 aliphatic heterocycles. The van der Waals surface area contributed by atoms with E-state index in [2.05, 4.69) is 14.7 Å². The summed E-state index contributed by atoms with van der Waals surface area (Å²) in [6.45, 7) is 7.06. The Morgan fingerprint density at radius 2 is 1.92 bits per heavy atom. The molecule has 37 heavy (non-hydrogen) atoms. The molecule has 1 saturated heterocycles. The lowest BCUT2D eigenvalue weighted by atomic mass is 10.1. The topological polar surface area (TPSA) is 101 Å². The van der Waals surface area contributed by atoms with Gasteiger partial charge in [0.2, 0.25) is 5.92 Å². The largest absolute Gasteiger partial charge is 0.442 e. The summed E-state index contributed by atoms with van der Waals surface area (Å²) in [4.78, 5) is 31.7. The number of nitrogens with one attached hydrogen (secondary N) is 1. The van der Waals surface area contributed by atoms with E-state index in [9.17, 15) is 22.6 Å². The van der Waals surface area contributed by atoms with E-state index in [0.29, 0.717) is 17.9 Å². The standard InChI is InChI=1S/C25H31ClF2N4O4S/c1-16-20(26)15-19(21(29-16)32-12-7-10-25(27,28)11-13-32)22(33)30-17-8-6-9-18(14-17)37(5,35)31-23(34)36-24(2,3)4/h6,8-9,14-15H,7,10-13H2,1-5H3,(H,30,33). The predicted molar refractivity (Wildman–Crippen MR) is 140 cm³/mol. The first-order chi connectivity index (χ1) is 17.1. The molecule has 1 unspecified atom stereocenters. The Bertz CT molecular complexity index is 1320. The molecule has 1 fully saturated rings. The van der Waals surface area contributed by atoms with Gasteiger partial charge in [-0.1, -0.05) is 17.7 Å². The van der Waals surface area contributed by atoms with Crippen LogP contribution >= 0.6 is 11.6 Å². The fourth-order valence-electron chi connectivity index (χ4n) is 3.74. The van der Waals surface area contributed by atoms with Crippen molar-refractivity contribution in [2.75, 3.05) is 29.6 Å². The molecule has 1 N–H and O–H groups in total. The van der Waals surface area contributed by atoms with Crippen molar-refractivity contribution in [2.24, 2.45) is 4.36 Å². The molecule has 3 rings (SSSR count). The zero-order valence-electron chi connectivity index (χ0n) is 21.4. The average Bonchev–Trinajstić information content (AvgIpc) is 2.94. The van der Waals surface area contributed by atoms with E-state index in [1.165, 1.54) is 24.5 Å². The quantitative estimate of drug-likeness (QED) is 0.473. The Labute approximate surface area is 220 Å². The van der Waals surface area contributed by atoms with E-state index < -0.39 is 33.3 Å². The third-order valence-electron chi connectivity index (χ3n) is 5.56. The number of hydrogen-bond acceptors (Lipinski definition) is 6. The van der Waals surface area contributed by atoms with E-state index in [0.717, 1.165) is 0 Å². The van der Waals surface area contributed by atoms with Gasteiger partial charge in [0.25, 0.3) is 5.91 Å². The molecule has 0 saturated carbocycles. The lowest BCUT2D eigenvalue weighted by Crippen LogP contribution is -2.29. The van der Waals surface area contributed by atoms with E-state index in [1.807, 2.05) is 0 Å². The molecule has 0 radical (unpaired) electrons. The fraction of sp³-hybridized carbons (Fsp3) is 0.480. The molecule has 2 aromatic rings. The highest BCUT2D eigenvalue weighted by Crippen LogP contribution is 2.32. The van der Waals surface area contributed by atoms with Crippen molar-refractivity contribution in [1.29, 1.82) is 0 Å². The van der Waals surface area contributed by atoms with Crippen molar-refractivity contribution < 1.29 is 27.3 Å². The van der Waals surface area contributed by atoms with E-state index >= 15 is 0 Å². The Balaban J connectivity index is 1.89. The minimum Gasteiger partial charge on any atom is -0.442 e. The summed E-state index contributed by atoms with van der Waals surface area (Å²) in [5.74, 6) is -3.06. The molecule has 0 bridgehead atoms. The van der Waals surface area contributed by atoms with Gasteiger partial charge in [-0.15, -0.1) is 4.36 Å². The molecular formula is C25H31ClF2N4O4S. The van der Waals surface area contributed by atoms with Crippen LogP contribution in [0.4, 0.5) is 25.1 Å². The lowest BCUT2D eigenvalue weighted by molar-refractivity contribution is -0.0102. The molecule has 2 amide bonds. The molecule has 1 aromatic heterocycles. The third kappa shape index (κ3) is 7.85. The number of aromatic nitrogens is 1. The number of amides is 2. The molecule has 0 aliphatic carbocycles. The molecule has 12 heteroatoms. The summed E-state index contributed by atoms with van der Waals surface area (Å²) in [7, 11) is -3.17. The van der Waals surface area contributed by atoms with Crippen molar-refractivity contribution in [3.8, 4) is 0 Å². The van der Waals surface area contributed by atoms with Gasteiger partial charge in [-0.3, -0.25) is 4.79 Å². The van der Waals surface area contributed by atoms with Gasteiger partial charge < -0.3 is 15.0 Å². The first-order valence-electron chi connectivity index (χ1n) is 11.7. The second-order valence-corrected chi connectivity index (χ2v) is 12.6. The first-order valence-corrected chi connectivity index (χ1v) is 14.0. The predicted octanol–water partition coefficient (Wildman–Crippen LogP) is 6.31. The summed E-state index contributed by atoms with van der Waals surface area (Å²) in [5, 5.41) is 2.98. The van der Waals surface area contributed by atoms with Gasteiger partial charge in [-0.2, -0.15) is 0 Å². The molecule has 8 nitrogen and oxygen atoms in total. The van der Waals surface area contributed by atoms with Gasteiger partial charge >= 0.3 is 6.09 Å². The Hall–Kier alpha value is -2.79. The van der Waals surface area contributed by atoms with Crippen LogP contribution in [0, 0.1) is 6.92 Å². The van der Waals surface area contributed by atoms with Gasteiger partial charge in [0.15, 0.2) is 0 Å². The van der Waals surface area contributed by atoms with Gasteiger partial charge in [0, 0.05) is 42.8 Å². The fourth-order valence-corrected chi connectivity index (χ4v) is 4.99. The van der Waals surface area contributed by atoms with Gasteiger partial charge in [-0.25, -0.2) is 22.8 Å². The highest BCUT2D eigenvalue weighted by molar-refractivity contribution is 7.93. The highest BCUT2D eigenvalue weighted by Gasteiger charge is 2.33. The summed E-state index contributed by atoms with van der Waals surface area (Å²) in [6.07, 6.45) is 0.0308. The van der Waals surface area contributed by atoms with Crippen LogP contribution in [0.2, 0.25) is 5.02 Å². The number of carbonyl (C=O) groups is 2. The molecule has 1 atom stereocenters. The van der Waals surface area contributed by atoms with Gasteiger partial charge in [-0.05, 0) is 58.4 Å². The van der Waals surface area contributed by atoms with E-state index in [4.69, 9.17) is 16.3 Å². The van der Waals surface area contributed by atoms with Crippen LogP contribution in [0.25, 0.3) is 0 Å². The van der Waals surface area contributed by atoms with E-state index in [1.54, 1.807) is 44.7 Å². The minimum absolute atomic E-state index is 0.0426. The minimum atomic E-state index is -3.17. The number of benzene rings is 1. The Morgan fingerprint density at radius 3 is 2.59 bits per heavy atom. The van der Waals surface area contributed by atoms with Crippen molar-refractivity contribution in [1.82, 2.24) is 4.98 Å². The van der Waals surface area contributed by atoms with Crippen molar-refractivity contribution in [3.63, 3.8) is 0 Å². The van der Waals surface area contributed by atoms with Crippen LogP contribution in [-0.2, 0) is 14.5 Å². The summed E-state index contributed by atoms with van der Waals surface area (Å²) in [6, 6.07) is 7.58. The Morgan fingerprint density at radius 1 is 1.22 bits per heavy atom. The van der Waals surface area contributed by atoms with E-state index in [-0.39, 0.29) is 47.1 Å². The third-order valence-corrected chi connectivity index (χ3v) is 7.57. The Kier molecular flexibility index (Phi) is 8.48. The molecule has 2 heterocycles. The summed E-state index contributed by atoms with van der Waals surface area (Å²) < 4.78 is 49.9. The SMILES string of the molecule is Cc1nc(N2CCCC(F)(F)CC2)c(C(=O)Nc2cccc(S(C)(=O)=NC(=O)OC(C)(C)C)c2)cc1Cl. The molecule has 1 aliphatic rings. The first kappa shape index (κ1) is 28.8. The number of pyridine rings is 1. The summed E-state index contributed by atoms with van der Waals surface area (Å²) in [5.41, 5.74) is 0.0973. The molecular weight excluding hydrogens is 526 g/mol. The number of alkyl halides is 2. The number of rotatable bonds is 4. The normalized spacial score (nSPS) is 17.4. The number of nitrogens with zero attached hydrogens (tertiary/aromatic N) is 3. The van der Waals surface area contributed by atoms with Crippen molar-refractivity contribution in [2.45, 2.75) is 63.4 Å². The molecule has 202 valence electrons. The van der Waals surface area contributed by atoms with Crippen molar-refractivity contribution in [3.05, 3.63) is 46.6 Å². The smallest absolute Gasteiger partial charge is 0.442 e. The second kappa shape index (κ2) is 10.9. The van der Waals surface area contributed by atoms with Crippen LogP contribution in [0.1, 0.15) is 56.1 Å². The number of halogens is 3. The van der Waals surface area contributed by atoms with Crippen LogP contribution in [0.5, 0.6) is 0 Å². The van der Waals surface area contributed by atoms with Crippen LogP contribution in [0.3, 0.4) is 0 Å². The second-order valence-electron chi connectivity index (χ2n) is 9.98. The highest BCUT2D eigenvalue weighted by atomic mass is 35.5. The zero-order chi connectivity index (χ0) is 27.6. The summed E-state index contributed by atoms with van der Waals surface area (Å²) >= 11 is 6.25. The number of hydrogen-bond donors (Lipinski definition) is 1. The lowest BCUT2D eigenvalue weighted by Gasteiger charge is -2.24. The van der Waals surface area contributed by atoms with Gasteiger partial charge in [0.05, 0.1) is 26.0 Å². The monoisotopic (exact) mass is 556 g/mol. The number of aryl methyl sites for hydroxylation is 1. The zero-order valence-corrected chi connectivity index (χ0v) is 23.0. The van der Waals surface area contributed by atoms with Crippen LogP contribution in [-0.4, -0.2) is 52.1 Å². The molecule has 0 spiro atoms. The maximum atomic E-state index is 13.9. The maximum absolute atomic E-state index is 13.9. The average molecular weight is 557 g/mol. The number of ether oxygens (including phenoxy) is 1. The van der Waals surface area contributed by atoms with Crippen LogP contribution < -0.4 is 10.2 Å². The number of carbonyl (C=O) groups excluding carboxylic acids is 2. The van der Waals surface area contributed by atoms with Gasteiger partial charge in [0.1, 0.15) is 11.4 Å². The molecule has 1 aromatic carbocycles. The van der Waals surface area contributed by atoms with Crippen molar-refractivity contribution >= 4 is 44.8 Å². The van der Waals surface area contributed by atoms with Crippen LogP contribution in [0.15, 0.2) is 39.6 Å². The maximum Gasteiger partial charge on any atom is 0.442 e. The number of anilines is 2.